The summed E-state index contributed by atoms with van der Waals surface area (Å²) < 4.78 is 46.2. The first-order valence-corrected chi connectivity index (χ1v) is 10.3. The number of halogens is 3. The molecule has 7 nitrogen and oxygen atoms in total. The molecule has 0 N–H and O–H groups in total. The van der Waals surface area contributed by atoms with Gasteiger partial charge >= 0.3 is 6.18 Å². The molecule has 0 saturated carbocycles. The quantitative estimate of drug-likeness (QED) is 0.607. The van der Waals surface area contributed by atoms with Crippen LogP contribution < -0.4 is 0 Å². The molecule has 1 aliphatic heterocycles. The Morgan fingerprint density at radius 1 is 1.12 bits per heavy atom. The highest BCUT2D eigenvalue weighted by Gasteiger charge is 2.32. The molecule has 1 fully saturated rings. The van der Waals surface area contributed by atoms with E-state index < -0.39 is 11.7 Å². The summed E-state index contributed by atoms with van der Waals surface area (Å²) in [6, 6.07) is 8.38. The molecule has 0 radical (unpaired) electrons. The van der Waals surface area contributed by atoms with Crippen LogP contribution in [0.1, 0.15) is 40.6 Å². The first-order chi connectivity index (χ1) is 15.1. The lowest BCUT2D eigenvalue weighted by Crippen LogP contribution is -2.49. The van der Waals surface area contributed by atoms with Gasteiger partial charge in [-0.15, -0.1) is 0 Å². The smallest absolute Gasteiger partial charge is 0.344 e. The van der Waals surface area contributed by atoms with Crippen LogP contribution >= 0.6 is 0 Å². The van der Waals surface area contributed by atoms with Gasteiger partial charge in [0.25, 0.3) is 5.91 Å². The average molecular weight is 447 g/mol. The minimum absolute atomic E-state index is 0.00229. The summed E-state index contributed by atoms with van der Waals surface area (Å²) in [5, 5.41) is 3.87. The van der Waals surface area contributed by atoms with Gasteiger partial charge in [-0.2, -0.15) is 18.2 Å². The zero-order chi connectivity index (χ0) is 23.0. The van der Waals surface area contributed by atoms with Gasteiger partial charge in [-0.05, 0) is 38.1 Å². The van der Waals surface area contributed by atoms with Crippen molar-refractivity contribution in [3.63, 3.8) is 0 Å². The number of alkyl halides is 3. The van der Waals surface area contributed by atoms with Gasteiger partial charge in [0.15, 0.2) is 0 Å². The molecule has 1 saturated heterocycles. The Hall–Kier alpha value is -3.14. The Kier molecular flexibility index (Phi) is 5.81. The van der Waals surface area contributed by atoms with E-state index in [2.05, 4.69) is 15.0 Å². The number of aryl methyl sites for hydroxylation is 1. The van der Waals surface area contributed by atoms with Crippen molar-refractivity contribution in [1.29, 1.82) is 0 Å². The molecule has 1 aromatic carbocycles. The molecule has 10 heteroatoms. The molecule has 0 bridgehead atoms. The molecule has 0 aliphatic carbocycles. The van der Waals surface area contributed by atoms with E-state index in [1.54, 1.807) is 0 Å². The van der Waals surface area contributed by atoms with Crippen molar-refractivity contribution >= 4 is 5.91 Å². The molecule has 4 rings (SSSR count). The average Bonchev–Trinajstić information content (AvgIpc) is 3.40. The van der Waals surface area contributed by atoms with Crippen LogP contribution in [0.4, 0.5) is 13.2 Å². The fourth-order valence-corrected chi connectivity index (χ4v) is 3.82. The summed E-state index contributed by atoms with van der Waals surface area (Å²) in [4.78, 5) is 21.1. The van der Waals surface area contributed by atoms with Gasteiger partial charge < -0.3 is 14.0 Å². The Morgan fingerprint density at radius 3 is 2.47 bits per heavy atom. The predicted octanol–water partition coefficient (Wildman–Crippen LogP) is 3.92. The number of aromatic nitrogens is 3. The number of nitrogens with zero attached hydrogens (tertiary/aromatic N) is 5. The van der Waals surface area contributed by atoms with Gasteiger partial charge in [0, 0.05) is 44.5 Å². The summed E-state index contributed by atoms with van der Waals surface area (Å²) in [7, 11) is 1.87. The van der Waals surface area contributed by atoms with Crippen molar-refractivity contribution in [2.24, 2.45) is 7.05 Å². The minimum atomic E-state index is -4.44. The van der Waals surface area contributed by atoms with E-state index in [0.29, 0.717) is 37.8 Å². The second kappa shape index (κ2) is 8.42. The third-order valence-corrected chi connectivity index (χ3v) is 5.99. The Morgan fingerprint density at radius 2 is 1.84 bits per heavy atom. The van der Waals surface area contributed by atoms with Crippen LogP contribution in [0.5, 0.6) is 0 Å². The third-order valence-electron chi connectivity index (χ3n) is 5.99. The number of hydrogen-bond acceptors (Lipinski definition) is 5. The van der Waals surface area contributed by atoms with Crippen LogP contribution in [0.2, 0.25) is 0 Å². The highest BCUT2D eigenvalue weighted by Crippen LogP contribution is 2.32. The van der Waals surface area contributed by atoms with Gasteiger partial charge in [-0.3, -0.25) is 9.69 Å². The van der Waals surface area contributed by atoms with Crippen LogP contribution in [-0.4, -0.2) is 56.6 Å². The summed E-state index contributed by atoms with van der Waals surface area (Å²) >= 11 is 0. The number of rotatable bonds is 4. The molecule has 1 atom stereocenters. The molecule has 2 aromatic heterocycles. The SMILES string of the molecule is Cc1ccc(C(=O)N2CCN(C(C)c3nc(-c4cccc(C(F)(F)F)c4)no3)CC2)n1C. The molecule has 1 unspecified atom stereocenters. The number of benzene rings is 1. The number of hydrogen-bond donors (Lipinski definition) is 0. The molecular weight excluding hydrogens is 423 g/mol. The van der Waals surface area contributed by atoms with E-state index in [9.17, 15) is 18.0 Å². The molecule has 1 amide bonds. The van der Waals surface area contributed by atoms with Crippen molar-refractivity contribution in [3.8, 4) is 11.4 Å². The molecule has 32 heavy (non-hydrogen) atoms. The lowest BCUT2D eigenvalue weighted by molar-refractivity contribution is -0.137. The highest BCUT2D eigenvalue weighted by molar-refractivity contribution is 5.93. The number of carbonyl (C=O) groups is 1. The zero-order valence-corrected chi connectivity index (χ0v) is 18.1. The zero-order valence-electron chi connectivity index (χ0n) is 18.1. The van der Waals surface area contributed by atoms with Crippen LogP contribution in [-0.2, 0) is 13.2 Å². The maximum absolute atomic E-state index is 13.0. The lowest BCUT2D eigenvalue weighted by atomic mass is 10.1. The van der Waals surface area contributed by atoms with Gasteiger partial charge in [-0.25, -0.2) is 0 Å². The minimum Gasteiger partial charge on any atom is -0.344 e. The fraction of sp³-hybridized carbons (Fsp3) is 0.409. The third kappa shape index (κ3) is 4.27. The summed E-state index contributed by atoms with van der Waals surface area (Å²) in [6.45, 7) is 6.22. The highest BCUT2D eigenvalue weighted by atomic mass is 19.4. The van der Waals surface area contributed by atoms with Crippen molar-refractivity contribution in [3.05, 3.63) is 59.2 Å². The van der Waals surface area contributed by atoms with Crippen LogP contribution in [0.25, 0.3) is 11.4 Å². The molecule has 170 valence electrons. The van der Waals surface area contributed by atoms with E-state index in [0.717, 1.165) is 17.8 Å². The summed E-state index contributed by atoms with van der Waals surface area (Å²) in [5.41, 5.74) is 1.17. The van der Waals surface area contributed by atoms with Crippen LogP contribution in [0, 0.1) is 6.92 Å². The Balaban J connectivity index is 1.41. The van der Waals surface area contributed by atoms with Crippen molar-refractivity contribution in [1.82, 2.24) is 24.5 Å². The largest absolute Gasteiger partial charge is 0.416 e. The Bertz CT molecular complexity index is 1110. The maximum atomic E-state index is 13.0. The molecule has 3 heterocycles. The monoisotopic (exact) mass is 447 g/mol. The van der Waals surface area contributed by atoms with E-state index >= 15 is 0 Å². The number of amides is 1. The van der Waals surface area contributed by atoms with E-state index in [-0.39, 0.29) is 23.3 Å². The standard InChI is InChI=1S/C22H24F3N5O2/c1-14-7-8-18(28(14)3)21(31)30-11-9-29(10-12-30)15(2)20-26-19(27-32-20)16-5-4-6-17(13-16)22(23,24)25/h4-8,13,15H,9-12H2,1-3H3. The normalized spacial score (nSPS) is 16.4. The molecule has 0 spiro atoms. The summed E-state index contributed by atoms with van der Waals surface area (Å²) in [5.74, 6) is 0.443. The summed E-state index contributed by atoms with van der Waals surface area (Å²) in [6.07, 6.45) is -4.44. The Labute approximate surface area is 183 Å². The van der Waals surface area contributed by atoms with Crippen molar-refractivity contribution in [2.75, 3.05) is 26.2 Å². The van der Waals surface area contributed by atoms with Crippen molar-refractivity contribution < 1.29 is 22.5 Å². The lowest BCUT2D eigenvalue weighted by Gasteiger charge is -2.36. The molecule has 3 aromatic rings. The number of carbonyl (C=O) groups excluding carboxylic acids is 1. The first-order valence-electron chi connectivity index (χ1n) is 10.3. The van der Waals surface area contributed by atoms with Gasteiger partial charge in [0.05, 0.1) is 11.6 Å². The van der Waals surface area contributed by atoms with Crippen LogP contribution in [0.15, 0.2) is 40.9 Å². The molecular formula is C22H24F3N5O2. The fourth-order valence-electron chi connectivity index (χ4n) is 3.82. The molecule has 1 aliphatic rings. The second-order valence-electron chi connectivity index (χ2n) is 7.96. The topological polar surface area (TPSA) is 67.4 Å². The van der Waals surface area contributed by atoms with E-state index in [1.807, 2.05) is 42.5 Å². The van der Waals surface area contributed by atoms with Gasteiger partial charge in [-0.1, -0.05) is 17.3 Å². The maximum Gasteiger partial charge on any atom is 0.416 e. The van der Waals surface area contributed by atoms with Gasteiger partial charge in [0.2, 0.25) is 11.7 Å². The van der Waals surface area contributed by atoms with E-state index in [4.69, 9.17) is 4.52 Å². The van der Waals surface area contributed by atoms with E-state index in [1.165, 1.54) is 12.1 Å². The predicted molar refractivity (Wildman–Crippen MR) is 111 cm³/mol. The second-order valence-corrected chi connectivity index (χ2v) is 7.96. The first kappa shape index (κ1) is 22.1. The number of piperazine rings is 1. The van der Waals surface area contributed by atoms with Gasteiger partial charge in [0.1, 0.15) is 5.69 Å². The van der Waals surface area contributed by atoms with Crippen LogP contribution in [0.3, 0.4) is 0 Å². The van der Waals surface area contributed by atoms with Crippen molar-refractivity contribution in [2.45, 2.75) is 26.1 Å².